The molecular weight excluding hydrogens is 394 g/mol. The third kappa shape index (κ3) is 3.31. The van der Waals surface area contributed by atoms with Gasteiger partial charge in [0.15, 0.2) is 11.6 Å². The Morgan fingerprint density at radius 1 is 1.29 bits per heavy atom. The molecule has 1 fully saturated rings. The number of carbonyl (C=O) groups is 1. The third-order valence-corrected chi connectivity index (χ3v) is 5.64. The summed E-state index contributed by atoms with van der Waals surface area (Å²) in [4.78, 5) is 25.7. The summed E-state index contributed by atoms with van der Waals surface area (Å²) in [5.41, 5.74) is -0.353. The second kappa shape index (κ2) is 7.98. The molecule has 2 aliphatic rings. The predicted octanol–water partition coefficient (Wildman–Crippen LogP) is -0.0727. The first-order chi connectivity index (χ1) is 13.0. The normalized spacial score (nSPS) is 17.0. The Balaban J connectivity index is 0.00000225. The molecule has 5 N–H and O–H groups in total. The van der Waals surface area contributed by atoms with Gasteiger partial charge in [-0.05, 0) is 6.07 Å². The number of nitrogens with two attached hydrogens (primary N) is 1. The highest BCUT2D eigenvalue weighted by atomic mass is 31.1. The van der Waals surface area contributed by atoms with Gasteiger partial charge in [-0.25, -0.2) is 15.1 Å². The van der Waals surface area contributed by atoms with E-state index in [1.54, 1.807) is 4.57 Å². The van der Waals surface area contributed by atoms with Crippen LogP contribution in [0.4, 0.5) is 10.1 Å². The molecule has 0 radical (unpaired) electrons. The van der Waals surface area contributed by atoms with E-state index in [0.29, 0.717) is 43.9 Å². The number of ether oxygens (including phenoxy) is 1. The van der Waals surface area contributed by atoms with Gasteiger partial charge in [-0.15, -0.1) is 0 Å². The number of hydrogen-bond donors (Lipinski definition) is 2. The maximum atomic E-state index is 15.0. The van der Waals surface area contributed by atoms with Crippen LogP contribution in [-0.4, -0.2) is 58.6 Å². The van der Waals surface area contributed by atoms with Crippen molar-refractivity contribution < 1.29 is 29.1 Å². The molecule has 1 aromatic heterocycles. The Morgan fingerprint density at radius 2 is 2.00 bits per heavy atom. The van der Waals surface area contributed by atoms with E-state index in [4.69, 9.17) is 10.6 Å². The molecule has 2 aliphatic heterocycles. The molecule has 1 unspecified atom stereocenters. The number of carboxylic acids is 1. The van der Waals surface area contributed by atoms with Crippen molar-refractivity contribution in [3.63, 3.8) is 0 Å². The van der Waals surface area contributed by atoms with Crippen molar-refractivity contribution in [3.05, 3.63) is 33.9 Å². The first kappa shape index (κ1) is 20.4. The van der Waals surface area contributed by atoms with Gasteiger partial charge in [-0.2, -0.15) is 0 Å². The van der Waals surface area contributed by atoms with Crippen LogP contribution in [0.3, 0.4) is 0 Å². The highest BCUT2D eigenvalue weighted by Crippen LogP contribution is 2.40. The quantitative estimate of drug-likeness (QED) is 0.523. The van der Waals surface area contributed by atoms with Crippen molar-refractivity contribution in [1.29, 1.82) is 0 Å². The Bertz CT molecular complexity index is 976. The van der Waals surface area contributed by atoms with Crippen molar-refractivity contribution in [2.24, 2.45) is 5.90 Å². The Labute approximate surface area is 160 Å². The number of anilines is 1. The van der Waals surface area contributed by atoms with Gasteiger partial charge in [0.25, 0.3) is 0 Å². The maximum absolute atomic E-state index is 15.0. The number of nitrogens with zero attached hydrogens (tertiary/aromatic N) is 3. The molecule has 0 amide bonds. The van der Waals surface area contributed by atoms with E-state index in [0.717, 1.165) is 6.07 Å². The molecule has 3 heterocycles. The number of benzene rings is 1. The summed E-state index contributed by atoms with van der Waals surface area (Å²) >= 11 is 0. The molecule has 12 heteroatoms. The highest BCUT2D eigenvalue weighted by molar-refractivity contribution is 7.29. The van der Waals surface area contributed by atoms with Crippen molar-refractivity contribution in [2.45, 2.75) is 6.54 Å². The number of pyridine rings is 1. The molecule has 1 atom stereocenters. The van der Waals surface area contributed by atoms with Crippen LogP contribution < -0.4 is 21.0 Å². The van der Waals surface area contributed by atoms with Crippen molar-refractivity contribution in [3.8, 4) is 5.75 Å². The lowest BCUT2D eigenvalue weighted by Crippen LogP contribution is -2.44. The maximum Gasteiger partial charge on any atom is 0.341 e. The highest BCUT2D eigenvalue weighted by Gasteiger charge is 2.29. The second-order valence-electron chi connectivity index (χ2n) is 6.33. The second-order valence-corrected chi connectivity index (χ2v) is 7.39. The Morgan fingerprint density at radius 3 is 2.64 bits per heavy atom. The van der Waals surface area contributed by atoms with Crippen molar-refractivity contribution in [1.82, 2.24) is 9.24 Å². The van der Waals surface area contributed by atoms with Gasteiger partial charge in [-0.3, -0.25) is 14.1 Å². The summed E-state index contributed by atoms with van der Waals surface area (Å²) in [5, 5.41) is 9.28. The van der Waals surface area contributed by atoms with Crippen LogP contribution in [0, 0.1) is 5.82 Å². The molecule has 1 aromatic carbocycles. The summed E-state index contributed by atoms with van der Waals surface area (Å²) in [7, 11) is 0.0525. The van der Waals surface area contributed by atoms with E-state index in [2.05, 4.69) is 4.62 Å². The smallest absolute Gasteiger partial charge is 0.341 e. The summed E-state index contributed by atoms with van der Waals surface area (Å²) < 4.78 is 29.1. The summed E-state index contributed by atoms with van der Waals surface area (Å²) in [6, 6.07) is 1.12. The average Bonchev–Trinajstić information content (AvgIpc) is 2.65. The molecule has 0 saturated carbocycles. The topological polar surface area (TPSA) is 142 Å². The van der Waals surface area contributed by atoms with Gasteiger partial charge in [-0.1, -0.05) is 0 Å². The molecule has 0 bridgehead atoms. The molecule has 10 nitrogen and oxygen atoms in total. The SMILES string of the molecule is NOPN1CCN(c2c(F)cc3c(=O)c(C(=O)O)cn4c3c2OCC4)CC1.O. The van der Waals surface area contributed by atoms with Crippen LogP contribution in [0.25, 0.3) is 10.9 Å². The fourth-order valence-corrected chi connectivity index (χ4v) is 4.12. The minimum Gasteiger partial charge on any atom is -0.487 e. The van der Waals surface area contributed by atoms with Gasteiger partial charge in [0, 0.05) is 32.4 Å². The number of hydrogen-bond acceptors (Lipinski definition) is 7. The molecule has 1 saturated heterocycles. The Kier molecular flexibility index (Phi) is 5.82. The van der Waals surface area contributed by atoms with Gasteiger partial charge in [0.2, 0.25) is 5.43 Å². The molecule has 2 aromatic rings. The first-order valence-corrected chi connectivity index (χ1v) is 9.24. The van der Waals surface area contributed by atoms with Gasteiger partial charge < -0.3 is 24.8 Å². The zero-order valence-electron chi connectivity index (χ0n) is 14.8. The van der Waals surface area contributed by atoms with E-state index < -0.39 is 17.2 Å². The zero-order chi connectivity index (χ0) is 19.1. The van der Waals surface area contributed by atoms with Gasteiger partial charge in [0.05, 0.1) is 17.4 Å². The first-order valence-electron chi connectivity index (χ1n) is 8.38. The lowest BCUT2D eigenvalue weighted by Gasteiger charge is -2.36. The summed E-state index contributed by atoms with van der Waals surface area (Å²) in [6.07, 6.45) is 1.30. The van der Waals surface area contributed by atoms with Crippen molar-refractivity contribution >= 4 is 31.5 Å². The lowest BCUT2D eigenvalue weighted by molar-refractivity contribution is 0.0694. The fraction of sp³-hybridized carbons (Fsp3) is 0.375. The molecule has 0 aliphatic carbocycles. The van der Waals surface area contributed by atoms with E-state index in [1.165, 1.54) is 6.20 Å². The van der Waals surface area contributed by atoms with Crippen LogP contribution >= 0.6 is 8.96 Å². The standard InChI is InChI=1S/C16H18FN4O5P.H2O/c17-11-7-9-12-15(13(11)19-1-3-21(4-2-19)27-26-18)25-6-5-20(12)8-10(14(9)22)16(23)24;/h7-8,27H,1-6,18H2,(H,23,24);1H2. The van der Waals surface area contributed by atoms with E-state index in [1.807, 2.05) is 9.57 Å². The van der Waals surface area contributed by atoms with E-state index in [-0.39, 0.29) is 37.7 Å². The largest absolute Gasteiger partial charge is 0.487 e. The molecule has 28 heavy (non-hydrogen) atoms. The van der Waals surface area contributed by atoms with Gasteiger partial charge >= 0.3 is 5.97 Å². The molecule has 0 spiro atoms. The number of aromatic nitrogens is 1. The zero-order valence-corrected chi connectivity index (χ0v) is 15.8. The van der Waals surface area contributed by atoms with Gasteiger partial charge in [0.1, 0.15) is 26.8 Å². The molecule has 152 valence electrons. The fourth-order valence-electron chi connectivity index (χ4n) is 3.59. The van der Waals surface area contributed by atoms with Crippen LogP contribution in [0.5, 0.6) is 5.75 Å². The number of halogens is 1. The summed E-state index contributed by atoms with van der Waals surface area (Å²) in [5.74, 6) is 3.47. The van der Waals surface area contributed by atoms with Crippen LogP contribution in [0.1, 0.15) is 10.4 Å². The van der Waals surface area contributed by atoms with Crippen molar-refractivity contribution in [2.75, 3.05) is 37.7 Å². The Hall–Kier alpha value is -2.30. The molecular formula is C16H20FN4O6P. The minimum atomic E-state index is -1.33. The number of rotatable bonds is 4. The summed E-state index contributed by atoms with van der Waals surface area (Å²) in [6.45, 7) is 3.05. The minimum absolute atomic E-state index is 0. The van der Waals surface area contributed by atoms with E-state index >= 15 is 0 Å². The average molecular weight is 414 g/mol. The monoisotopic (exact) mass is 414 g/mol. The van der Waals surface area contributed by atoms with Crippen LogP contribution in [0.2, 0.25) is 0 Å². The van der Waals surface area contributed by atoms with Crippen LogP contribution in [0.15, 0.2) is 17.1 Å². The number of piperazine rings is 1. The van der Waals surface area contributed by atoms with E-state index in [9.17, 15) is 19.1 Å². The number of aromatic carboxylic acids is 1. The molecule has 4 rings (SSSR count). The third-order valence-electron chi connectivity index (χ3n) is 4.83. The predicted molar refractivity (Wildman–Crippen MR) is 102 cm³/mol. The van der Waals surface area contributed by atoms with Crippen LogP contribution in [-0.2, 0) is 11.2 Å². The number of carboxylic acid groups (broad SMARTS) is 1. The lowest BCUT2D eigenvalue weighted by atomic mass is 10.1.